The summed E-state index contributed by atoms with van der Waals surface area (Å²) in [4.78, 5) is 40.9. The standard InChI is InChI=1S/4C18H36O2.4O.3Ti/c4*1-2-3-4-5-6-7-8-9-10-11-12-13-14-15-16-17-18(19)20;;;;;;;/h4*2-17H2,1H3,(H,19,20);;;;;;;/q;;;;4*-2;3*+4/p-4. The summed E-state index contributed by atoms with van der Waals surface area (Å²) in [5.74, 6) is -3.61. The molecule has 0 saturated carbocycles. The summed E-state index contributed by atoms with van der Waals surface area (Å²) in [5, 5.41) is 40.9. The second-order valence-corrected chi connectivity index (χ2v) is 24.3. The molecule has 0 aromatic heterocycles. The average Bonchev–Trinajstić information content (AvgIpc) is 3.43. The molecule has 0 aliphatic rings. The molecule has 0 fully saturated rings. The first-order chi connectivity index (χ1) is 39.1. The summed E-state index contributed by atoms with van der Waals surface area (Å²) < 4.78 is 0. The van der Waals surface area contributed by atoms with Crippen LogP contribution in [0.4, 0.5) is 0 Å². The van der Waals surface area contributed by atoms with Crippen LogP contribution in [-0.4, -0.2) is 23.9 Å². The second kappa shape index (κ2) is 107. The fourth-order valence-corrected chi connectivity index (χ4v) is 10.6. The molecule has 15 heteroatoms. The number of aliphatic carboxylic acids is 4. The van der Waals surface area contributed by atoms with Crippen LogP contribution in [0.3, 0.4) is 0 Å². The zero-order valence-corrected chi connectivity index (χ0v) is 62.3. The number of hydrogen-bond donors (Lipinski definition) is 0. The maximum Gasteiger partial charge on any atom is 4.00 e. The third-order valence-electron chi connectivity index (χ3n) is 15.9. The summed E-state index contributed by atoms with van der Waals surface area (Å²) in [7, 11) is 0. The van der Waals surface area contributed by atoms with Crippen molar-refractivity contribution < 1.29 is 127 Å². The Bertz CT molecular complexity index is 1010. The van der Waals surface area contributed by atoms with Gasteiger partial charge in [-0.2, -0.15) is 0 Å². The van der Waals surface area contributed by atoms with Crippen LogP contribution in [0.5, 0.6) is 0 Å². The molecule has 0 atom stereocenters. The number of carbonyl (C=O) groups excluding carboxylic acids is 4. The Hall–Kier alpha value is -0.137. The molecule has 0 aliphatic heterocycles. The molecule has 0 spiro atoms. The van der Waals surface area contributed by atoms with Crippen molar-refractivity contribution in [3.05, 3.63) is 0 Å². The van der Waals surface area contributed by atoms with Gasteiger partial charge in [0.2, 0.25) is 0 Å². The third-order valence-corrected chi connectivity index (χ3v) is 15.9. The number of unbranched alkanes of at least 4 members (excludes halogenated alkanes) is 56. The molecule has 0 aromatic rings. The van der Waals surface area contributed by atoms with E-state index in [2.05, 4.69) is 27.7 Å². The topological polar surface area (TPSA) is 275 Å². The van der Waals surface area contributed by atoms with E-state index in [1.165, 1.54) is 334 Å². The summed E-state index contributed by atoms with van der Waals surface area (Å²) in [6.07, 6.45) is 79.4. The summed E-state index contributed by atoms with van der Waals surface area (Å²) >= 11 is 0. The number of carboxylic acid groups (broad SMARTS) is 4. The van der Waals surface area contributed by atoms with Gasteiger partial charge in [0.25, 0.3) is 0 Å². The molecule has 0 N–H and O–H groups in total. The van der Waals surface area contributed by atoms with E-state index in [1.807, 2.05) is 0 Å². The minimum absolute atomic E-state index is 0. The second-order valence-electron chi connectivity index (χ2n) is 24.3. The van der Waals surface area contributed by atoms with Gasteiger partial charge >= 0.3 is 65.2 Å². The van der Waals surface area contributed by atoms with Gasteiger partial charge in [0.15, 0.2) is 0 Å². The first-order valence-corrected chi connectivity index (χ1v) is 35.9. The van der Waals surface area contributed by atoms with Crippen molar-refractivity contribution >= 4 is 23.9 Å². The number of rotatable bonds is 64. The molecule has 87 heavy (non-hydrogen) atoms. The van der Waals surface area contributed by atoms with Crippen molar-refractivity contribution in [1.29, 1.82) is 0 Å². The van der Waals surface area contributed by atoms with Gasteiger partial charge in [-0.1, -0.05) is 387 Å². The van der Waals surface area contributed by atoms with Crippen LogP contribution in [0.2, 0.25) is 0 Å². The van der Waals surface area contributed by atoms with Gasteiger partial charge in [0.1, 0.15) is 0 Å². The molecule has 512 valence electrons. The van der Waals surface area contributed by atoms with Crippen LogP contribution in [0.15, 0.2) is 0 Å². The third kappa shape index (κ3) is 131. The van der Waals surface area contributed by atoms with Gasteiger partial charge in [-0.05, 0) is 51.4 Å². The van der Waals surface area contributed by atoms with Gasteiger partial charge in [0, 0.05) is 23.9 Å². The van der Waals surface area contributed by atoms with Crippen molar-refractivity contribution in [3.63, 3.8) is 0 Å². The van der Waals surface area contributed by atoms with E-state index < -0.39 is 23.9 Å². The fraction of sp³-hybridized carbons (Fsp3) is 0.944. The van der Waals surface area contributed by atoms with Crippen LogP contribution >= 0.6 is 0 Å². The first kappa shape index (κ1) is 111. The number of carboxylic acids is 4. The largest absolute Gasteiger partial charge is 4.00 e. The van der Waals surface area contributed by atoms with Gasteiger partial charge < -0.3 is 61.5 Å². The molecule has 0 aromatic carbocycles. The van der Waals surface area contributed by atoms with Gasteiger partial charge in [0.05, 0.1) is 0 Å². The molecule has 0 rings (SSSR count). The predicted octanol–water partition coefficient (Wildman–Crippen LogP) is 19.5. The van der Waals surface area contributed by atoms with Crippen LogP contribution in [0.25, 0.3) is 0 Å². The molecular weight excluding hydrogens is 1200 g/mol. The molecule has 0 heterocycles. The van der Waals surface area contributed by atoms with Crippen LogP contribution in [0.1, 0.15) is 439 Å². The predicted molar refractivity (Wildman–Crippen MR) is 341 cm³/mol. The maximum absolute atomic E-state index is 10.2. The maximum atomic E-state index is 10.2. The average molecular weight is 1340 g/mol. The Morgan fingerprint density at radius 3 is 0.299 bits per heavy atom. The number of hydrogen-bond acceptors (Lipinski definition) is 8. The monoisotopic (exact) mass is 1340 g/mol. The minimum Gasteiger partial charge on any atom is -2.00 e. The Morgan fingerprint density at radius 2 is 0.230 bits per heavy atom. The molecule has 12 nitrogen and oxygen atoms in total. The first-order valence-electron chi connectivity index (χ1n) is 35.9. The zero-order valence-electron chi connectivity index (χ0n) is 57.7. The smallest absolute Gasteiger partial charge is 2.00 e. The van der Waals surface area contributed by atoms with Crippen molar-refractivity contribution in [2.75, 3.05) is 0 Å². The number of carbonyl (C=O) groups is 4. The molecule has 0 unspecified atom stereocenters. The minimum atomic E-state index is -0.903. The zero-order chi connectivity index (χ0) is 59.6. The van der Waals surface area contributed by atoms with Gasteiger partial charge in [-0.3, -0.25) is 0 Å². The molecule has 0 radical (unpaired) electrons. The quantitative estimate of drug-likeness (QED) is 0.0416. The summed E-state index contributed by atoms with van der Waals surface area (Å²) in [6, 6.07) is 0. The van der Waals surface area contributed by atoms with Gasteiger partial charge in [-0.15, -0.1) is 0 Å². The molecule has 0 saturated heterocycles. The van der Waals surface area contributed by atoms with Crippen molar-refractivity contribution in [3.8, 4) is 0 Å². The Morgan fingerprint density at radius 1 is 0.161 bits per heavy atom. The van der Waals surface area contributed by atoms with Crippen LogP contribution in [0, 0.1) is 0 Å². The SMILES string of the molecule is CCCCCCCCCCCCCCCCCC(=O)[O-].CCCCCCCCCCCCCCCCCC(=O)[O-].CCCCCCCCCCCCCCCCCC(=O)[O-].CCCCCCCCCCCCCCCCCC(=O)[O-].[O-2].[O-2].[O-2].[O-2].[Ti+4].[Ti+4].[Ti+4]. The Labute approximate surface area is 584 Å². The van der Waals surface area contributed by atoms with E-state index in [0.717, 1.165) is 51.4 Å². The van der Waals surface area contributed by atoms with E-state index in [4.69, 9.17) is 0 Å². The van der Waals surface area contributed by atoms with E-state index in [1.54, 1.807) is 0 Å². The van der Waals surface area contributed by atoms with Crippen molar-refractivity contribution in [2.24, 2.45) is 0 Å². The molecule has 0 bridgehead atoms. The summed E-state index contributed by atoms with van der Waals surface area (Å²) in [5.41, 5.74) is 0. The van der Waals surface area contributed by atoms with E-state index in [9.17, 15) is 39.6 Å². The van der Waals surface area contributed by atoms with E-state index in [0.29, 0.717) is 0 Å². The van der Waals surface area contributed by atoms with Crippen molar-refractivity contribution in [2.45, 2.75) is 439 Å². The van der Waals surface area contributed by atoms with Crippen LogP contribution in [-0.2, 0) is 106 Å². The molecular formula is C72H140O12Ti3. The molecule has 0 amide bonds. The van der Waals surface area contributed by atoms with Crippen LogP contribution < -0.4 is 20.4 Å². The van der Waals surface area contributed by atoms with Crippen molar-refractivity contribution in [1.82, 2.24) is 0 Å². The fourth-order valence-electron chi connectivity index (χ4n) is 10.6. The van der Waals surface area contributed by atoms with E-state index in [-0.39, 0.29) is 113 Å². The Kier molecular flexibility index (Phi) is 137. The Balaban J connectivity index is -0.0000000958. The summed E-state index contributed by atoms with van der Waals surface area (Å²) in [6.45, 7) is 9.07. The normalized spacial score (nSPS) is 9.98. The molecule has 0 aliphatic carbocycles. The van der Waals surface area contributed by atoms with E-state index >= 15 is 0 Å². The van der Waals surface area contributed by atoms with Gasteiger partial charge in [-0.25, -0.2) is 0 Å².